The minimum Gasteiger partial charge on any atom is -0.465 e. The van der Waals surface area contributed by atoms with Crippen LogP contribution in [0.5, 0.6) is 0 Å². The van der Waals surface area contributed by atoms with E-state index < -0.39 is 22.0 Å². The van der Waals surface area contributed by atoms with Crippen LogP contribution in [0.4, 0.5) is 0 Å². The monoisotopic (exact) mass is 431 g/mol. The van der Waals surface area contributed by atoms with Gasteiger partial charge in [-0.15, -0.1) is 0 Å². The van der Waals surface area contributed by atoms with Crippen LogP contribution in [0.2, 0.25) is 0 Å². The summed E-state index contributed by atoms with van der Waals surface area (Å²) in [5, 5.41) is 0. The molecule has 160 valence electrons. The fourth-order valence-electron chi connectivity index (χ4n) is 3.39. The highest BCUT2D eigenvalue weighted by Gasteiger charge is 2.28. The number of benzene rings is 2. The van der Waals surface area contributed by atoms with Crippen molar-refractivity contribution in [2.45, 2.75) is 37.7 Å². The van der Waals surface area contributed by atoms with E-state index in [2.05, 4.69) is 4.74 Å². The van der Waals surface area contributed by atoms with Gasteiger partial charge in [0.15, 0.2) is 0 Å². The summed E-state index contributed by atoms with van der Waals surface area (Å²) in [5.74, 6) is -1.11. The number of piperidine rings is 1. The molecule has 3 rings (SSSR count). The minimum absolute atomic E-state index is 0.0498. The van der Waals surface area contributed by atoms with Gasteiger partial charge in [0.2, 0.25) is 10.0 Å². The largest absolute Gasteiger partial charge is 0.465 e. The molecular weight excluding hydrogens is 406 g/mol. The normalized spacial score (nSPS) is 14.9. The maximum absolute atomic E-state index is 13.0. The maximum Gasteiger partial charge on any atom is 0.338 e. The lowest BCUT2D eigenvalue weighted by atomic mass is 10.1. The highest BCUT2D eigenvalue weighted by Crippen LogP contribution is 2.25. The van der Waals surface area contributed by atoms with Crippen molar-refractivity contribution < 1.29 is 27.5 Å². The molecular formula is C22H25NO6S. The van der Waals surface area contributed by atoms with Crippen molar-refractivity contribution >= 4 is 22.0 Å². The van der Waals surface area contributed by atoms with Gasteiger partial charge >= 0.3 is 11.9 Å². The van der Waals surface area contributed by atoms with E-state index in [1.54, 1.807) is 43.3 Å². The quantitative estimate of drug-likeness (QED) is 0.652. The summed E-state index contributed by atoms with van der Waals surface area (Å²) >= 11 is 0. The predicted molar refractivity (Wildman–Crippen MR) is 111 cm³/mol. The van der Waals surface area contributed by atoms with Crippen molar-refractivity contribution in [2.75, 3.05) is 20.2 Å². The first-order chi connectivity index (χ1) is 14.3. The Hall–Kier alpha value is -2.71. The first-order valence-corrected chi connectivity index (χ1v) is 11.2. The van der Waals surface area contributed by atoms with Crippen LogP contribution in [0.3, 0.4) is 0 Å². The number of carbonyl (C=O) groups excluding carboxylic acids is 2. The van der Waals surface area contributed by atoms with Crippen LogP contribution in [0.15, 0.2) is 47.4 Å². The van der Waals surface area contributed by atoms with Gasteiger partial charge in [0.05, 0.1) is 23.1 Å². The van der Waals surface area contributed by atoms with E-state index in [1.807, 2.05) is 0 Å². The van der Waals surface area contributed by atoms with E-state index in [0.717, 1.165) is 19.3 Å². The Labute approximate surface area is 176 Å². The topological polar surface area (TPSA) is 90.0 Å². The molecule has 1 aliphatic heterocycles. The number of ether oxygens (including phenoxy) is 2. The van der Waals surface area contributed by atoms with Crippen LogP contribution >= 0.6 is 0 Å². The number of methoxy groups -OCH3 is 1. The number of nitrogens with zero attached hydrogens (tertiary/aromatic N) is 1. The highest BCUT2D eigenvalue weighted by molar-refractivity contribution is 7.89. The SMILES string of the molecule is COC(=O)c1cccc(COC(=O)c2ccc(C)c(S(=O)(=O)N3CCCCC3)c2)c1. The summed E-state index contributed by atoms with van der Waals surface area (Å²) in [5.41, 5.74) is 1.74. The van der Waals surface area contributed by atoms with E-state index >= 15 is 0 Å². The number of esters is 2. The number of rotatable bonds is 6. The third-order valence-corrected chi connectivity index (χ3v) is 7.12. The van der Waals surface area contributed by atoms with Crippen molar-refractivity contribution in [1.29, 1.82) is 0 Å². The Morgan fingerprint density at radius 3 is 2.37 bits per heavy atom. The van der Waals surface area contributed by atoms with Crippen LogP contribution in [-0.2, 0) is 26.1 Å². The molecule has 0 saturated carbocycles. The standard InChI is InChI=1S/C22H25NO6S/c1-16-9-10-19(14-20(16)30(26,27)23-11-4-3-5-12-23)22(25)29-15-17-7-6-8-18(13-17)21(24)28-2/h6-10,13-14H,3-5,11-12,15H2,1-2H3. The van der Waals surface area contributed by atoms with E-state index in [1.165, 1.54) is 17.5 Å². The average molecular weight is 432 g/mol. The molecule has 1 saturated heterocycles. The molecule has 0 amide bonds. The molecule has 2 aromatic rings. The fraction of sp³-hybridized carbons (Fsp3) is 0.364. The van der Waals surface area contributed by atoms with Crippen molar-refractivity contribution in [3.8, 4) is 0 Å². The maximum atomic E-state index is 13.0. The second-order valence-electron chi connectivity index (χ2n) is 7.21. The first-order valence-electron chi connectivity index (χ1n) is 9.78. The van der Waals surface area contributed by atoms with Gasteiger partial charge in [-0.05, 0) is 55.2 Å². The summed E-state index contributed by atoms with van der Waals surface area (Å²) in [6, 6.07) is 11.1. The number of hydrogen-bond donors (Lipinski definition) is 0. The molecule has 30 heavy (non-hydrogen) atoms. The lowest BCUT2D eigenvalue weighted by molar-refractivity contribution is 0.0472. The molecule has 1 heterocycles. The minimum atomic E-state index is -3.66. The second-order valence-corrected chi connectivity index (χ2v) is 9.12. The molecule has 0 bridgehead atoms. The molecule has 8 heteroatoms. The summed E-state index contributed by atoms with van der Waals surface area (Å²) < 4.78 is 37.5. The van der Waals surface area contributed by atoms with Crippen molar-refractivity contribution in [3.05, 3.63) is 64.7 Å². The Morgan fingerprint density at radius 2 is 1.67 bits per heavy atom. The van der Waals surface area contributed by atoms with Gasteiger partial charge in [-0.25, -0.2) is 18.0 Å². The second kappa shape index (κ2) is 9.40. The zero-order valence-corrected chi connectivity index (χ0v) is 17.9. The molecule has 2 aromatic carbocycles. The Morgan fingerprint density at radius 1 is 0.967 bits per heavy atom. The van der Waals surface area contributed by atoms with Gasteiger partial charge in [0.25, 0.3) is 0 Å². The molecule has 0 N–H and O–H groups in total. The lowest BCUT2D eigenvalue weighted by Crippen LogP contribution is -2.36. The van der Waals surface area contributed by atoms with E-state index in [4.69, 9.17) is 4.74 Å². The number of hydrogen-bond acceptors (Lipinski definition) is 6. The number of carbonyl (C=O) groups is 2. The van der Waals surface area contributed by atoms with Crippen molar-refractivity contribution in [1.82, 2.24) is 4.31 Å². The molecule has 7 nitrogen and oxygen atoms in total. The Kier molecular flexibility index (Phi) is 6.89. The summed E-state index contributed by atoms with van der Waals surface area (Å²) in [6.07, 6.45) is 2.70. The molecule has 0 atom stereocenters. The molecule has 0 aliphatic carbocycles. The van der Waals surface area contributed by atoms with Gasteiger partial charge in [0, 0.05) is 13.1 Å². The summed E-state index contributed by atoms with van der Waals surface area (Å²) in [4.78, 5) is 24.3. The highest BCUT2D eigenvalue weighted by atomic mass is 32.2. The van der Waals surface area contributed by atoms with Crippen LogP contribution < -0.4 is 0 Å². The average Bonchev–Trinajstić information content (AvgIpc) is 2.77. The molecule has 0 aromatic heterocycles. The third kappa shape index (κ3) is 4.88. The first kappa shape index (κ1) is 22.0. The molecule has 0 spiro atoms. The van der Waals surface area contributed by atoms with Gasteiger partial charge in [-0.3, -0.25) is 0 Å². The van der Waals surface area contributed by atoms with Crippen molar-refractivity contribution in [3.63, 3.8) is 0 Å². The predicted octanol–water partition coefficient (Wildman–Crippen LogP) is 3.31. The summed E-state index contributed by atoms with van der Waals surface area (Å²) in [6.45, 7) is 2.65. The Bertz CT molecular complexity index is 1040. The zero-order valence-electron chi connectivity index (χ0n) is 17.1. The van der Waals surface area contributed by atoms with Gasteiger partial charge < -0.3 is 9.47 Å². The van der Waals surface area contributed by atoms with Crippen LogP contribution in [0.1, 0.15) is 51.1 Å². The number of aryl methyl sites for hydroxylation is 1. The van der Waals surface area contributed by atoms with Gasteiger partial charge in [-0.1, -0.05) is 24.6 Å². The molecule has 0 unspecified atom stereocenters. The third-order valence-electron chi connectivity index (χ3n) is 5.07. The number of sulfonamides is 1. The van der Waals surface area contributed by atoms with E-state index in [0.29, 0.717) is 29.8 Å². The van der Waals surface area contributed by atoms with E-state index in [-0.39, 0.29) is 17.1 Å². The lowest BCUT2D eigenvalue weighted by Gasteiger charge is -2.26. The van der Waals surface area contributed by atoms with Gasteiger partial charge in [-0.2, -0.15) is 4.31 Å². The summed E-state index contributed by atoms with van der Waals surface area (Å²) in [7, 11) is -2.37. The van der Waals surface area contributed by atoms with Gasteiger partial charge in [0.1, 0.15) is 6.61 Å². The smallest absolute Gasteiger partial charge is 0.338 e. The molecule has 0 radical (unpaired) electrons. The van der Waals surface area contributed by atoms with E-state index in [9.17, 15) is 18.0 Å². The van der Waals surface area contributed by atoms with Crippen LogP contribution in [-0.4, -0.2) is 44.9 Å². The Balaban J connectivity index is 1.76. The van der Waals surface area contributed by atoms with Crippen molar-refractivity contribution in [2.24, 2.45) is 0 Å². The fourth-order valence-corrected chi connectivity index (χ4v) is 5.16. The zero-order chi connectivity index (χ0) is 21.7. The van der Waals surface area contributed by atoms with Crippen LogP contribution in [0.25, 0.3) is 0 Å². The molecule has 1 fully saturated rings. The molecule has 1 aliphatic rings. The van der Waals surface area contributed by atoms with Crippen LogP contribution in [0, 0.1) is 6.92 Å².